The van der Waals surface area contributed by atoms with Crippen LogP contribution in [0.4, 0.5) is 0 Å². The summed E-state index contributed by atoms with van der Waals surface area (Å²) in [4.78, 5) is 2.56. The van der Waals surface area contributed by atoms with Gasteiger partial charge in [-0.05, 0) is 38.8 Å². The van der Waals surface area contributed by atoms with Gasteiger partial charge in [-0.2, -0.15) is 0 Å². The van der Waals surface area contributed by atoms with Gasteiger partial charge in [-0.15, -0.1) is 0 Å². The SMILES string of the molecule is CCN(CC)C(C)(CC)C(CC1CCCC1)NN. The lowest BCUT2D eigenvalue weighted by Crippen LogP contribution is -2.61. The van der Waals surface area contributed by atoms with E-state index in [1.165, 1.54) is 32.1 Å². The lowest BCUT2D eigenvalue weighted by Gasteiger charge is -2.46. The monoisotopic (exact) mass is 255 g/mol. The van der Waals surface area contributed by atoms with Crippen molar-refractivity contribution in [1.29, 1.82) is 0 Å². The van der Waals surface area contributed by atoms with Crippen LogP contribution in [-0.2, 0) is 0 Å². The molecule has 0 spiro atoms. The molecule has 108 valence electrons. The molecule has 1 saturated carbocycles. The second-order valence-corrected chi connectivity index (χ2v) is 5.99. The molecule has 3 nitrogen and oxygen atoms in total. The number of hydrazine groups is 1. The molecule has 3 N–H and O–H groups in total. The van der Waals surface area contributed by atoms with E-state index in [-0.39, 0.29) is 5.54 Å². The van der Waals surface area contributed by atoms with Crippen LogP contribution in [0.2, 0.25) is 0 Å². The second-order valence-electron chi connectivity index (χ2n) is 5.99. The summed E-state index contributed by atoms with van der Waals surface area (Å²) in [5.41, 5.74) is 3.31. The molecule has 1 aliphatic rings. The summed E-state index contributed by atoms with van der Waals surface area (Å²) in [5, 5.41) is 0. The lowest BCUT2D eigenvalue weighted by atomic mass is 9.81. The van der Waals surface area contributed by atoms with Crippen molar-refractivity contribution in [1.82, 2.24) is 10.3 Å². The van der Waals surface area contributed by atoms with E-state index < -0.39 is 0 Å². The first-order valence-corrected chi connectivity index (χ1v) is 7.83. The van der Waals surface area contributed by atoms with Crippen molar-refractivity contribution in [2.75, 3.05) is 13.1 Å². The number of nitrogens with one attached hydrogen (secondary N) is 1. The smallest absolute Gasteiger partial charge is 0.0394 e. The van der Waals surface area contributed by atoms with E-state index in [4.69, 9.17) is 5.84 Å². The van der Waals surface area contributed by atoms with E-state index in [9.17, 15) is 0 Å². The first kappa shape index (κ1) is 15.9. The van der Waals surface area contributed by atoms with Crippen LogP contribution in [0.5, 0.6) is 0 Å². The van der Waals surface area contributed by atoms with Gasteiger partial charge in [0.05, 0.1) is 0 Å². The van der Waals surface area contributed by atoms with Gasteiger partial charge < -0.3 is 0 Å². The molecular formula is C15H33N3. The van der Waals surface area contributed by atoms with Gasteiger partial charge in [0, 0.05) is 11.6 Å². The average molecular weight is 255 g/mol. The van der Waals surface area contributed by atoms with Gasteiger partial charge in [-0.3, -0.25) is 16.2 Å². The normalized spacial score (nSPS) is 22.3. The Hall–Kier alpha value is -0.120. The number of rotatable bonds is 8. The summed E-state index contributed by atoms with van der Waals surface area (Å²) in [6, 6.07) is 0.408. The quantitative estimate of drug-likeness (QED) is 0.517. The molecule has 3 heteroatoms. The zero-order valence-corrected chi connectivity index (χ0v) is 12.8. The molecule has 0 saturated heterocycles. The molecule has 0 radical (unpaired) electrons. The average Bonchev–Trinajstić information content (AvgIpc) is 2.89. The van der Waals surface area contributed by atoms with E-state index in [0.717, 1.165) is 25.4 Å². The van der Waals surface area contributed by atoms with E-state index in [0.29, 0.717) is 6.04 Å². The molecule has 1 rings (SSSR count). The molecule has 0 aromatic carbocycles. The molecule has 0 aliphatic heterocycles. The molecule has 1 fully saturated rings. The van der Waals surface area contributed by atoms with Gasteiger partial charge in [0.2, 0.25) is 0 Å². The van der Waals surface area contributed by atoms with Gasteiger partial charge in [-0.25, -0.2) is 0 Å². The molecule has 18 heavy (non-hydrogen) atoms. The molecule has 2 unspecified atom stereocenters. The van der Waals surface area contributed by atoms with Gasteiger partial charge in [0.15, 0.2) is 0 Å². The second kappa shape index (κ2) is 7.46. The number of likely N-dealkylation sites (N-methyl/N-ethyl adjacent to an activating group) is 1. The molecule has 0 aromatic rings. The number of nitrogens with zero attached hydrogens (tertiary/aromatic N) is 1. The summed E-state index contributed by atoms with van der Waals surface area (Å²) in [6.07, 6.45) is 8.01. The summed E-state index contributed by atoms with van der Waals surface area (Å²) in [7, 11) is 0. The van der Waals surface area contributed by atoms with E-state index in [2.05, 4.69) is 38.0 Å². The first-order chi connectivity index (χ1) is 8.62. The third kappa shape index (κ3) is 3.46. The van der Waals surface area contributed by atoms with Crippen molar-refractivity contribution in [2.24, 2.45) is 11.8 Å². The van der Waals surface area contributed by atoms with E-state index >= 15 is 0 Å². The van der Waals surface area contributed by atoms with Crippen LogP contribution in [0.15, 0.2) is 0 Å². The van der Waals surface area contributed by atoms with Crippen LogP contribution in [0, 0.1) is 5.92 Å². The van der Waals surface area contributed by atoms with Crippen molar-refractivity contribution >= 4 is 0 Å². The Labute approximate surface area is 113 Å². The Morgan fingerprint density at radius 2 is 1.78 bits per heavy atom. The number of nitrogens with two attached hydrogens (primary N) is 1. The standard InChI is InChI=1S/C15H33N3/c1-5-15(4,18(6-2)7-3)14(17-16)12-13-10-8-9-11-13/h13-14,17H,5-12,16H2,1-4H3. The van der Waals surface area contributed by atoms with Crippen molar-refractivity contribution in [2.45, 2.75) is 77.8 Å². The highest BCUT2D eigenvalue weighted by atomic mass is 15.3. The number of hydrogen-bond donors (Lipinski definition) is 2. The fourth-order valence-electron chi connectivity index (χ4n) is 3.72. The number of hydrogen-bond acceptors (Lipinski definition) is 3. The van der Waals surface area contributed by atoms with Crippen LogP contribution in [0.3, 0.4) is 0 Å². The molecule has 0 aromatic heterocycles. The Bertz CT molecular complexity index is 222. The third-order valence-electron chi connectivity index (χ3n) is 5.20. The predicted octanol–water partition coefficient (Wildman–Crippen LogP) is 2.91. The summed E-state index contributed by atoms with van der Waals surface area (Å²) >= 11 is 0. The highest BCUT2D eigenvalue weighted by molar-refractivity contribution is 4.96. The Kier molecular flexibility index (Phi) is 6.61. The van der Waals surface area contributed by atoms with Crippen LogP contribution in [0.1, 0.15) is 66.2 Å². The first-order valence-electron chi connectivity index (χ1n) is 7.83. The maximum Gasteiger partial charge on any atom is 0.0394 e. The fraction of sp³-hybridized carbons (Fsp3) is 1.00. The van der Waals surface area contributed by atoms with Crippen LogP contribution >= 0.6 is 0 Å². The largest absolute Gasteiger partial charge is 0.297 e. The summed E-state index contributed by atoms with van der Waals surface area (Å²) in [6.45, 7) is 11.4. The van der Waals surface area contributed by atoms with Gasteiger partial charge in [0.1, 0.15) is 0 Å². The molecular weight excluding hydrogens is 222 g/mol. The lowest BCUT2D eigenvalue weighted by molar-refractivity contribution is 0.0601. The van der Waals surface area contributed by atoms with Gasteiger partial charge in [0.25, 0.3) is 0 Å². The Morgan fingerprint density at radius 1 is 1.22 bits per heavy atom. The zero-order chi connectivity index (χ0) is 13.6. The Balaban J connectivity index is 2.73. The van der Waals surface area contributed by atoms with Crippen LogP contribution < -0.4 is 11.3 Å². The summed E-state index contributed by atoms with van der Waals surface area (Å²) in [5.74, 6) is 6.77. The Morgan fingerprint density at radius 3 is 2.17 bits per heavy atom. The van der Waals surface area contributed by atoms with E-state index in [1.54, 1.807) is 0 Å². The van der Waals surface area contributed by atoms with Crippen LogP contribution in [-0.4, -0.2) is 29.6 Å². The third-order valence-corrected chi connectivity index (χ3v) is 5.20. The minimum atomic E-state index is 0.181. The van der Waals surface area contributed by atoms with Gasteiger partial charge in [-0.1, -0.05) is 46.5 Å². The molecule has 2 atom stereocenters. The predicted molar refractivity (Wildman–Crippen MR) is 79.3 cm³/mol. The highest BCUT2D eigenvalue weighted by Crippen LogP contribution is 2.33. The minimum Gasteiger partial charge on any atom is -0.297 e. The molecule has 0 bridgehead atoms. The molecule has 0 heterocycles. The maximum atomic E-state index is 5.88. The molecule has 1 aliphatic carbocycles. The van der Waals surface area contributed by atoms with Gasteiger partial charge >= 0.3 is 0 Å². The maximum absolute atomic E-state index is 5.88. The van der Waals surface area contributed by atoms with Crippen LogP contribution in [0.25, 0.3) is 0 Å². The summed E-state index contributed by atoms with van der Waals surface area (Å²) < 4.78 is 0. The highest BCUT2D eigenvalue weighted by Gasteiger charge is 2.37. The molecule has 0 amide bonds. The van der Waals surface area contributed by atoms with Crippen molar-refractivity contribution in [3.63, 3.8) is 0 Å². The van der Waals surface area contributed by atoms with Crippen molar-refractivity contribution in [3.05, 3.63) is 0 Å². The van der Waals surface area contributed by atoms with Crippen molar-refractivity contribution < 1.29 is 0 Å². The fourth-order valence-corrected chi connectivity index (χ4v) is 3.72. The van der Waals surface area contributed by atoms with Crippen molar-refractivity contribution in [3.8, 4) is 0 Å². The van der Waals surface area contributed by atoms with E-state index in [1.807, 2.05) is 0 Å². The minimum absolute atomic E-state index is 0.181. The topological polar surface area (TPSA) is 41.3 Å². The zero-order valence-electron chi connectivity index (χ0n) is 12.8.